The number of aryl methyl sites for hydroxylation is 1. The van der Waals surface area contributed by atoms with Gasteiger partial charge in [-0.1, -0.05) is 6.07 Å². The Balaban J connectivity index is 1.45. The Hall–Kier alpha value is -1.59. The number of hydrogen-bond acceptors (Lipinski definition) is 4. The van der Waals surface area contributed by atoms with E-state index in [0.717, 1.165) is 50.3 Å². The predicted octanol–water partition coefficient (Wildman–Crippen LogP) is 3.70. The number of thiophene rings is 1. The number of furan rings is 1. The van der Waals surface area contributed by atoms with Crippen molar-refractivity contribution >= 4 is 17.2 Å². The maximum Gasteiger partial charge on any atom is 0.222 e. The second-order valence-corrected chi connectivity index (χ2v) is 7.78. The first-order valence-corrected chi connectivity index (χ1v) is 9.55. The molecule has 1 amide bonds. The summed E-state index contributed by atoms with van der Waals surface area (Å²) in [6.45, 7) is 2.26. The molecule has 0 spiro atoms. The summed E-state index contributed by atoms with van der Waals surface area (Å²) in [7, 11) is 4.07. The van der Waals surface area contributed by atoms with Crippen LogP contribution in [0.1, 0.15) is 41.2 Å². The number of carbonyl (C=O) groups is 1. The van der Waals surface area contributed by atoms with Crippen LogP contribution >= 0.6 is 11.3 Å². The molecule has 0 bridgehead atoms. The molecule has 0 saturated carbocycles. The zero-order valence-corrected chi connectivity index (χ0v) is 15.4. The van der Waals surface area contributed by atoms with E-state index in [1.54, 1.807) is 11.3 Å². The number of fused-ring (bicyclic) bond motifs is 1. The lowest BCUT2D eigenvalue weighted by molar-refractivity contribution is -0.132. The third-order valence-corrected chi connectivity index (χ3v) is 5.34. The van der Waals surface area contributed by atoms with Gasteiger partial charge in [-0.25, -0.2) is 0 Å². The van der Waals surface area contributed by atoms with Gasteiger partial charge in [0.15, 0.2) is 0 Å². The van der Waals surface area contributed by atoms with Gasteiger partial charge in [0.05, 0.1) is 13.1 Å². The molecular weight excluding hydrogens is 320 g/mol. The van der Waals surface area contributed by atoms with Crippen molar-refractivity contribution in [1.29, 1.82) is 0 Å². The van der Waals surface area contributed by atoms with E-state index in [9.17, 15) is 4.79 Å². The Labute approximate surface area is 148 Å². The number of amides is 1. The van der Waals surface area contributed by atoms with Gasteiger partial charge in [-0.3, -0.25) is 4.79 Å². The van der Waals surface area contributed by atoms with Gasteiger partial charge in [0, 0.05) is 17.8 Å². The van der Waals surface area contributed by atoms with Crippen LogP contribution in [0, 0.1) is 0 Å². The summed E-state index contributed by atoms with van der Waals surface area (Å²) in [5.74, 6) is 2.23. The SMILES string of the molecule is CN(C)Cc1cc2c(o1)CN(C(=O)CCCCc1cccs1)CC2. The minimum absolute atomic E-state index is 0.261. The molecule has 0 atom stereocenters. The van der Waals surface area contributed by atoms with Gasteiger partial charge in [0.25, 0.3) is 0 Å². The second kappa shape index (κ2) is 7.99. The van der Waals surface area contributed by atoms with Gasteiger partial charge in [0.2, 0.25) is 5.91 Å². The third-order valence-electron chi connectivity index (χ3n) is 4.40. The molecule has 130 valence electrons. The number of nitrogens with zero attached hydrogens (tertiary/aromatic N) is 2. The normalized spacial score (nSPS) is 14.2. The molecule has 1 aliphatic rings. The van der Waals surface area contributed by atoms with Crippen LogP contribution in [0.5, 0.6) is 0 Å². The molecule has 0 unspecified atom stereocenters. The minimum Gasteiger partial charge on any atom is -0.463 e. The lowest BCUT2D eigenvalue weighted by atomic mass is 10.1. The summed E-state index contributed by atoms with van der Waals surface area (Å²) >= 11 is 1.80. The highest BCUT2D eigenvalue weighted by atomic mass is 32.1. The summed E-state index contributed by atoms with van der Waals surface area (Å²) in [6.07, 6.45) is 4.68. The predicted molar refractivity (Wildman–Crippen MR) is 97.1 cm³/mol. The van der Waals surface area contributed by atoms with Crippen LogP contribution in [-0.4, -0.2) is 36.3 Å². The maximum absolute atomic E-state index is 12.4. The van der Waals surface area contributed by atoms with Crippen molar-refractivity contribution in [2.45, 2.75) is 45.2 Å². The van der Waals surface area contributed by atoms with E-state index in [0.29, 0.717) is 13.0 Å². The Morgan fingerprint density at radius 2 is 2.25 bits per heavy atom. The van der Waals surface area contributed by atoms with E-state index in [2.05, 4.69) is 28.5 Å². The molecule has 0 saturated heterocycles. The molecule has 4 nitrogen and oxygen atoms in total. The van der Waals surface area contributed by atoms with Crippen LogP contribution in [0.3, 0.4) is 0 Å². The highest BCUT2D eigenvalue weighted by Gasteiger charge is 2.23. The lowest BCUT2D eigenvalue weighted by Gasteiger charge is -2.26. The van der Waals surface area contributed by atoms with Crippen LogP contribution < -0.4 is 0 Å². The number of rotatable bonds is 7. The molecular formula is C19H26N2O2S. The van der Waals surface area contributed by atoms with Crippen LogP contribution in [0.4, 0.5) is 0 Å². The molecule has 2 aromatic heterocycles. The summed E-state index contributed by atoms with van der Waals surface area (Å²) < 4.78 is 5.94. The largest absolute Gasteiger partial charge is 0.463 e. The van der Waals surface area contributed by atoms with Gasteiger partial charge in [-0.2, -0.15) is 0 Å². The zero-order chi connectivity index (χ0) is 16.9. The van der Waals surface area contributed by atoms with Crippen LogP contribution in [0.25, 0.3) is 0 Å². The van der Waals surface area contributed by atoms with Gasteiger partial charge < -0.3 is 14.2 Å². The molecule has 0 aliphatic carbocycles. The first kappa shape index (κ1) is 17.2. The smallest absolute Gasteiger partial charge is 0.222 e. The average Bonchev–Trinajstić information content (AvgIpc) is 3.18. The Morgan fingerprint density at radius 1 is 1.38 bits per heavy atom. The average molecular weight is 346 g/mol. The van der Waals surface area contributed by atoms with Crippen molar-refractivity contribution in [2.24, 2.45) is 0 Å². The van der Waals surface area contributed by atoms with Crippen molar-refractivity contribution in [3.8, 4) is 0 Å². The fourth-order valence-electron chi connectivity index (χ4n) is 3.17. The minimum atomic E-state index is 0.261. The molecule has 0 N–H and O–H groups in total. The van der Waals surface area contributed by atoms with Gasteiger partial charge >= 0.3 is 0 Å². The van der Waals surface area contributed by atoms with Crippen LogP contribution in [0.2, 0.25) is 0 Å². The second-order valence-electron chi connectivity index (χ2n) is 6.75. The zero-order valence-electron chi connectivity index (χ0n) is 14.6. The van der Waals surface area contributed by atoms with Gasteiger partial charge in [-0.05, 0) is 62.9 Å². The van der Waals surface area contributed by atoms with E-state index < -0.39 is 0 Å². The highest BCUT2D eigenvalue weighted by Crippen LogP contribution is 2.24. The van der Waals surface area contributed by atoms with Crippen LogP contribution in [-0.2, 0) is 30.7 Å². The molecule has 0 aromatic carbocycles. The lowest BCUT2D eigenvalue weighted by Crippen LogP contribution is -2.35. The van der Waals surface area contributed by atoms with E-state index >= 15 is 0 Å². The summed E-state index contributed by atoms with van der Waals surface area (Å²) in [5, 5.41) is 2.11. The van der Waals surface area contributed by atoms with E-state index in [1.165, 1.54) is 10.4 Å². The molecule has 24 heavy (non-hydrogen) atoms. The third kappa shape index (κ3) is 4.48. The van der Waals surface area contributed by atoms with Crippen molar-refractivity contribution in [2.75, 3.05) is 20.6 Å². The van der Waals surface area contributed by atoms with Crippen molar-refractivity contribution in [3.05, 3.63) is 45.5 Å². The highest BCUT2D eigenvalue weighted by molar-refractivity contribution is 7.09. The fraction of sp³-hybridized carbons (Fsp3) is 0.526. The monoisotopic (exact) mass is 346 g/mol. The van der Waals surface area contributed by atoms with E-state index in [1.807, 2.05) is 19.0 Å². The van der Waals surface area contributed by atoms with E-state index in [-0.39, 0.29) is 5.91 Å². The standard InChI is InChI=1S/C19H26N2O2S/c1-20(2)13-16-12-15-9-10-21(14-18(15)23-16)19(22)8-4-3-6-17-7-5-11-24-17/h5,7,11-12H,3-4,6,8-10,13-14H2,1-2H3. The molecule has 3 rings (SSSR count). The fourth-order valence-corrected chi connectivity index (χ4v) is 3.92. The Bertz CT molecular complexity index is 661. The molecule has 5 heteroatoms. The van der Waals surface area contributed by atoms with Gasteiger partial charge in [-0.15, -0.1) is 11.3 Å². The summed E-state index contributed by atoms with van der Waals surface area (Å²) in [6, 6.07) is 6.41. The number of carbonyl (C=O) groups excluding carboxylic acids is 1. The molecule has 0 radical (unpaired) electrons. The summed E-state index contributed by atoms with van der Waals surface area (Å²) in [5.41, 5.74) is 1.27. The number of unbranched alkanes of at least 4 members (excludes halogenated alkanes) is 1. The molecule has 0 fully saturated rings. The Kier molecular flexibility index (Phi) is 5.74. The summed E-state index contributed by atoms with van der Waals surface area (Å²) in [4.78, 5) is 17.9. The molecule has 3 heterocycles. The topological polar surface area (TPSA) is 36.7 Å². The van der Waals surface area contributed by atoms with Crippen molar-refractivity contribution in [3.63, 3.8) is 0 Å². The van der Waals surface area contributed by atoms with Crippen molar-refractivity contribution < 1.29 is 9.21 Å². The van der Waals surface area contributed by atoms with Crippen molar-refractivity contribution in [1.82, 2.24) is 9.80 Å². The molecule has 2 aromatic rings. The quantitative estimate of drug-likeness (QED) is 0.717. The first-order valence-electron chi connectivity index (χ1n) is 8.67. The first-order chi connectivity index (χ1) is 11.6. The molecule has 1 aliphatic heterocycles. The van der Waals surface area contributed by atoms with E-state index in [4.69, 9.17) is 4.42 Å². The Morgan fingerprint density at radius 3 is 3.00 bits per heavy atom. The van der Waals surface area contributed by atoms with Crippen LogP contribution in [0.15, 0.2) is 28.0 Å². The van der Waals surface area contributed by atoms with Gasteiger partial charge in [0.1, 0.15) is 11.5 Å². The maximum atomic E-state index is 12.4. The number of hydrogen-bond donors (Lipinski definition) is 0.